The lowest BCUT2D eigenvalue weighted by Crippen LogP contribution is -2.16. The van der Waals surface area contributed by atoms with Crippen LogP contribution in [-0.2, 0) is 0 Å². The summed E-state index contributed by atoms with van der Waals surface area (Å²) in [4.78, 5) is 15.6. The van der Waals surface area contributed by atoms with Gasteiger partial charge in [-0.3, -0.25) is 0 Å². The van der Waals surface area contributed by atoms with Crippen molar-refractivity contribution in [2.75, 3.05) is 0 Å². The van der Waals surface area contributed by atoms with E-state index in [1.807, 2.05) is 30.3 Å². The Balaban J connectivity index is 1.33. The van der Waals surface area contributed by atoms with E-state index in [1.54, 1.807) is 0 Å². The summed E-state index contributed by atoms with van der Waals surface area (Å²) >= 11 is 0. The van der Waals surface area contributed by atoms with Crippen LogP contribution in [0.15, 0.2) is 144 Å². The molecular weight excluding hydrogens is 599 g/mol. The number of aromatic nitrogens is 3. The Morgan fingerprint density at radius 1 is 0.694 bits per heavy atom. The zero-order chi connectivity index (χ0) is 33.2. The van der Waals surface area contributed by atoms with Gasteiger partial charge in [0.15, 0.2) is 17.5 Å². The number of hydrogen-bond acceptors (Lipinski definition) is 4. The maximum atomic E-state index is 6.43. The van der Waals surface area contributed by atoms with E-state index in [9.17, 15) is 0 Å². The molecule has 6 aromatic rings. The first kappa shape index (κ1) is 30.7. The normalized spacial score (nSPS) is 18.1. The Kier molecular flexibility index (Phi) is 8.22. The lowest BCUT2D eigenvalue weighted by molar-refractivity contribution is 0.391. The van der Waals surface area contributed by atoms with Crippen LogP contribution >= 0.6 is 0 Å². The molecule has 2 aromatic heterocycles. The molecule has 1 unspecified atom stereocenters. The molecule has 4 nitrogen and oxygen atoms in total. The van der Waals surface area contributed by atoms with Gasteiger partial charge in [0.25, 0.3) is 0 Å². The van der Waals surface area contributed by atoms with E-state index in [0.29, 0.717) is 17.5 Å². The molecule has 240 valence electrons. The topological polar surface area (TPSA) is 51.8 Å². The fourth-order valence-corrected chi connectivity index (χ4v) is 7.06. The van der Waals surface area contributed by atoms with Gasteiger partial charge in [-0.05, 0) is 78.8 Å². The Morgan fingerprint density at radius 3 is 2.16 bits per heavy atom. The van der Waals surface area contributed by atoms with Crippen molar-refractivity contribution in [3.05, 3.63) is 151 Å². The summed E-state index contributed by atoms with van der Waals surface area (Å²) in [6, 6.07) is 31.4. The molecule has 0 amide bonds. The highest BCUT2D eigenvalue weighted by Gasteiger charge is 2.28. The van der Waals surface area contributed by atoms with Crippen molar-refractivity contribution >= 4 is 33.1 Å². The van der Waals surface area contributed by atoms with E-state index in [4.69, 9.17) is 19.4 Å². The van der Waals surface area contributed by atoms with Crippen LogP contribution in [-0.4, -0.2) is 15.0 Å². The predicted molar refractivity (Wildman–Crippen MR) is 204 cm³/mol. The Hall–Kier alpha value is -5.61. The zero-order valence-corrected chi connectivity index (χ0v) is 28.1. The first-order valence-corrected chi connectivity index (χ1v) is 17.3. The third-order valence-corrected chi connectivity index (χ3v) is 9.83. The molecule has 0 N–H and O–H groups in total. The molecule has 2 heterocycles. The summed E-state index contributed by atoms with van der Waals surface area (Å²) in [6.45, 7) is 4.41. The van der Waals surface area contributed by atoms with Crippen molar-refractivity contribution in [1.82, 2.24) is 15.0 Å². The molecule has 0 saturated heterocycles. The van der Waals surface area contributed by atoms with Crippen molar-refractivity contribution in [1.29, 1.82) is 0 Å². The van der Waals surface area contributed by atoms with E-state index in [-0.39, 0.29) is 5.41 Å². The van der Waals surface area contributed by atoms with Crippen LogP contribution in [0.25, 0.3) is 67.2 Å². The average molecular weight is 638 g/mol. The number of fused-ring (bicyclic) bond motifs is 3. The highest BCUT2D eigenvalue weighted by molar-refractivity contribution is 6.14. The third-order valence-electron chi connectivity index (χ3n) is 9.83. The summed E-state index contributed by atoms with van der Waals surface area (Å²) < 4.78 is 6.43. The zero-order valence-electron chi connectivity index (χ0n) is 28.1. The number of nitrogens with zero attached hydrogens (tertiary/aromatic N) is 3. The number of rotatable bonds is 7. The molecule has 4 heteroatoms. The van der Waals surface area contributed by atoms with Gasteiger partial charge < -0.3 is 4.42 Å². The standard InChI is InChI=1S/C45H39N3O/c1-3-4-13-28-45(2)29-26-33(27-30-45)36-24-25-39-40(37-18-11-12-19-38(37)49-39)41(36)44-47-42(34-16-9-6-10-17-34)46-43(48-44)35-22-20-32(21-23-35)31-14-7-5-8-15-31/h3-4,6-7,9-26,28H,5,8,27,29-30H2,1-2H3/b4-3-,28-13-. The summed E-state index contributed by atoms with van der Waals surface area (Å²) in [5.74, 6) is 1.96. The molecule has 8 rings (SSSR count). The van der Waals surface area contributed by atoms with E-state index < -0.39 is 0 Å². The van der Waals surface area contributed by atoms with Gasteiger partial charge in [0.05, 0.1) is 0 Å². The lowest BCUT2D eigenvalue weighted by atomic mass is 9.74. The third kappa shape index (κ3) is 6.11. The maximum absolute atomic E-state index is 6.43. The van der Waals surface area contributed by atoms with Crippen LogP contribution in [0, 0.1) is 5.41 Å². The SMILES string of the molecule is C/C=C\C=C/C1(C)CC=C(c2ccc3oc4ccccc4c3c2-c2nc(-c3ccccc3)nc(-c3ccc(C4=CCCC=C4)cc3)n2)CC1. The molecule has 0 radical (unpaired) electrons. The summed E-state index contributed by atoms with van der Waals surface area (Å²) in [5.41, 5.74) is 9.64. The van der Waals surface area contributed by atoms with Crippen molar-refractivity contribution in [2.45, 2.75) is 46.0 Å². The molecule has 0 saturated carbocycles. The molecule has 0 fully saturated rings. The molecular formula is C45H39N3O. The number of furan rings is 1. The summed E-state index contributed by atoms with van der Waals surface area (Å²) in [7, 11) is 0. The van der Waals surface area contributed by atoms with Gasteiger partial charge in [0.2, 0.25) is 0 Å². The van der Waals surface area contributed by atoms with Gasteiger partial charge >= 0.3 is 0 Å². The van der Waals surface area contributed by atoms with Crippen LogP contribution in [0.2, 0.25) is 0 Å². The molecule has 1 atom stereocenters. The second kappa shape index (κ2) is 13.1. The van der Waals surface area contributed by atoms with Gasteiger partial charge in [-0.15, -0.1) is 0 Å². The summed E-state index contributed by atoms with van der Waals surface area (Å²) in [5, 5.41) is 2.10. The number of para-hydroxylation sites is 1. The molecule has 0 aliphatic heterocycles. The molecule has 0 spiro atoms. The smallest absolute Gasteiger partial charge is 0.165 e. The van der Waals surface area contributed by atoms with Crippen molar-refractivity contribution < 1.29 is 4.42 Å². The number of allylic oxidation sites excluding steroid dienone is 10. The van der Waals surface area contributed by atoms with Crippen molar-refractivity contribution in [2.24, 2.45) is 5.41 Å². The average Bonchev–Trinajstić information content (AvgIpc) is 3.54. The molecule has 0 bridgehead atoms. The molecule has 2 aliphatic carbocycles. The minimum absolute atomic E-state index is 0.117. The minimum atomic E-state index is 0.117. The number of benzene rings is 4. The Bertz CT molecular complexity index is 2320. The van der Waals surface area contributed by atoms with Crippen LogP contribution in [0.5, 0.6) is 0 Å². The predicted octanol–water partition coefficient (Wildman–Crippen LogP) is 12.2. The van der Waals surface area contributed by atoms with E-state index in [0.717, 1.165) is 76.3 Å². The molecule has 49 heavy (non-hydrogen) atoms. The van der Waals surface area contributed by atoms with Gasteiger partial charge in [0.1, 0.15) is 11.2 Å². The Morgan fingerprint density at radius 2 is 1.43 bits per heavy atom. The van der Waals surface area contributed by atoms with Gasteiger partial charge in [0, 0.05) is 27.5 Å². The second-order valence-corrected chi connectivity index (χ2v) is 13.3. The molecule has 4 aromatic carbocycles. The van der Waals surface area contributed by atoms with Gasteiger partial charge in [-0.2, -0.15) is 0 Å². The van der Waals surface area contributed by atoms with E-state index >= 15 is 0 Å². The van der Waals surface area contributed by atoms with Crippen LogP contribution in [0.4, 0.5) is 0 Å². The first-order valence-electron chi connectivity index (χ1n) is 17.3. The highest BCUT2D eigenvalue weighted by atomic mass is 16.3. The van der Waals surface area contributed by atoms with Crippen LogP contribution in [0.3, 0.4) is 0 Å². The fraction of sp³-hybridized carbons (Fsp3) is 0.178. The minimum Gasteiger partial charge on any atom is -0.456 e. The monoisotopic (exact) mass is 637 g/mol. The van der Waals surface area contributed by atoms with Crippen LogP contribution < -0.4 is 0 Å². The quantitative estimate of drug-likeness (QED) is 0.163. The summed E-state index contributed by atoms with van der Waals surface area (Å²) in [6.07, 6.45) is 23.1. The molecule has 2 aliphatic rings. The maximum Gasteiger partial charge on any atom is 0.165 e. The highest BCUT2D eigenvalue weighted by Crippen LogP contribution is 2.45. The lowest BCUT2D eigenvalue weighted by Gasteiger charge is -2.30. The first-order chi connectivity index (χ1) is 24.1. The van der Waals surface area contributed by atoms with Crippen LogP contribution in [0.1, 0.15) is 57.1 Å². The van der Waals surface area contributed by atoms with Gasteiger partial charge in [-0.1, -0.05) is 134 Å². The van der Waals surface area contributed by atoms with E-state index in [1.165, 1.54) is 16.7 Å². The number of hydrogen-bond donors (Lipinski definition) is 0. The van der Waals surface area contributed by atoms with Gasteiger partial charge in [-0.25, -0.2) is 15.0 Å². The van der Waals surface area contributed by atoms with Crippen molar-refractivity contribution in [3.63, 3.8) is 0 Å². The van der Waals surface area contributed by atoms with E-state index in [2.05, 4.69) is 123 Å². The fourth-order valence-electron chi connectivity index (χ4n) is 7.06. The Labute approximate surface area is 288 Å². The second-order valence-electron chi connectivity index (χ2n) is 13.3. The van der Waals surface area contributed by atoms with Crippen molar-refractivity contribution in [3.8, 4) is 34.2 Å². The largest absolute Gasteiger partial charge is 0.456 e.